The van der Waals surface area contributed by atoms with E-state index in [1.165, 1.54) is 24.8 Å². The van der Waals surface area contributed by atoms with Gasteiger partial charge in [-0.25, -0.2) is 0 Å². The van der Waals surface area contributed by atoms with Gasteiger partial charge >= 0.3 is 0 Å². The van der Waals surface area contributed by atoms with Crippen LogP contribution in [-0.2, 0) is 19.3 Å². The van der Waals surface area contributed by atoms with Gasteiger partial charge in [0.2, 0.25) is 0 Å². The summed E-state index contributed by atoms with van der Waals surface area (Å²) in [5.41, 5.74) is 4.60. The minimum Gasteiger partial charge on any atom is -0.378 e. The molecule has 1 heteroatoms. The van der Waals surface area contributed by atoms with Gasteiger partial charge in [0, 0.05) is 13.1 Å². The monoisotopic (exact) mass is 215 g/mol. The lowest BCUT2D eigenvalue weighted by molar-refractivity contribution is 0.351. The summed E-state index contributed by atoms with van der Waals surface area (Å²) in [5.74, 6) is 0. The third kappa shape index (κ3) is 2.29. The van der Waals surface area contributed by atoms with Gasteiger partial charge in [-0.05, 0) is 55.5 Å². The minimum absolute atomic E-state index is 0.525. The number of aryl methyl sites for hydroxylation is 2. The van der Waals surface area contributed by atoms with E-state index in [0.717, 1.165) is 6.42 Å². The van der Waals surface area contributed by atoms with E-state index in [4.69, 9.17) is 0 Å². The van der Waals surface area contributed by atoms with E-state index in [-0.39, 0.29) is 0 Å². The SMILES string of the molecule is C=CN(C)C(C)Cc1ccc2c(c1)CCC2. The van der Waals surface area contributed by atoms with Crippen molar-refractivity contribution in [3.63, 3.8) is 0 Å². The fraction of sp³-hybridized carbons (Fsp3) is 0.467. The molecule has 0 saturated carbocycles. The molecule has 0 amide bonds. The van der Waals surface area contributed by atoms with Crippen LogP contribution < -0.4 is 0 Å². The molecule has 0 heterocycles. The van der Waals surface area contributed by atoms with Gasteiger partial charge in [0.1, 0.15) is 0 Å². The summed E-state index contributed by atoms with van der Waals surface area (Å²) in [6.07, 6.45) is 6.89. The molecule has 1 atom stereocenters. The highest BCUT2D eigenvalue weighted by molar-refractivity contribution is 5.35. The molecule has 1 nitrogen and oxygen atoms in total. The highest BCUT2D eigenvalue weighted by atomic mass is 15.1. The molecule has 0 aliphatic heterocycles. The van der Waals surface area contributed by atoms with E-state index < -0.39 is 0 Å². The Balaban J connectivity index is 2.08. The number of fused-ring (bicyclic) bond motifs is 1. The summed E-state index contributed by atoms with van der Waals surface area (Å²) in [4.78, 5) is 2.17. The van der Waals surface area contributed by atoms with E-state index in [9.17, 15) is 0 Å². The Kier molecular flexibility index (Phi) is 3.33. The first-order valence-electron chi connectivity index (χ1n) is 6.16. The van der Waals surface area contributed by atoms with Gasteiger partial charge in [-0.15, -0.1) is 0 Å². The quantitative estimate of drug-likeness (QED) is 0.745. The molecular formula is C15H21N. The second-order valence-electron chi connectivity index (χ2n) is 4.86. The Morgan fingerprint density at radius 1 is 1.38 bits per heavy atom. The van der Waals surface area contributed by atoms with Crippen LogP contribution in [0.25, 0.3) is 0 Å². The number of benzene rings is 1. The smallest absolute Gasteiger partial charge is 0.0293 e. The normalized spacial score (nSPS) is 15.6. The van der Waals surface area contributed by atoms with Crippen molar-refractivity contribution in [3.8, 4) is 0 Å². The molecule has 16 heavy (non-hydrogen) atoms. The van der Waals surface area contributed by atoms with Crippen LogP contribution in [0.2, 0.25) is 0 Å². The summed E-state index contributed by atoms with van der Waals surface area (Å²) in [6.45, 7) is 6.05. The number of nitrogens with zero attached hydrogens (tertiary/aromatic N) is 1. The van der Waals surface area contributed by atoms with E-state index in [0.29, 0.717) is 6.04 Å². The van der Waals surface area contributed by atoms with Crippen LogP contribution >= 0.6 is 0 Å². The van der Waals surface area contributed by atoms with E-state index >= 15 is 0 Å². The van der Waals surface area contributed by atoms with Crippen LogP contribution in [0.15, 0.2) is 31.0 Å². The number of hydrogen-bond acceptors (Lipinski definition) is 1. The Hall–Kier alpha value is -1.24. The Labute approximate surface area is 98.8 Å². The average molecular weight is 215 g/mol. The highest BCUT2D eigenvalue weighted by Gasteiger charge is 2.12. The average Bonchev–Trinajstić information content (AvgIpc) is 2.75. The standard InChI is InChI=1S/C15H21N/c1-4-16(3)12(2)10-13-8-9-14-6-5-7-15(14)11-13/h4,8-9,11-12H,1,5-7,10H2,2-3H3. The second-order valence-corrected chi connectivity index (χ2v) is 4.86. The van der Waals surface area contributed by atoms with Crippen LogP contribution in [0.4, 0.5) is 0 Å². The predicted octanol–water partition coefficient (Wildman–Crippen LogP) is 3.18. The number of rotatable bonds is 4. The molecule has 2 rings (SSSR count). The first kappa shape index (κ1) is 11.3. The minimum atomic E-state index is 0.525. The van der Waals surface area contributed by atoms with E-state index in [1.54, 1.807) is 11.1 Å². The molecule has 0 radical (unpaired) electrons. The molecule has 1 aromatic rings. The van der Waals surface area contributed by atoms with Gasteiger partial charge in [0.15, 0.2) is 0 Å². The topological polar surface area (TPSA) is 3.24 Å². The second kappa shape index (κ2) is 4.73. The summed E-state index contributed by atoms with van der Waals surface area (Å²) in [6, 6.07) is 7.53. The third-order valence-electron chi connectivity index (χ3n) is 3.68. The van der Waals surface area contributed by atoms with Crippen molar-refractivity contribution < 1.29 is 0 Å². The molecule has 1 aliphatic rings. The van der Waals surface area contributed by atoms with E-state index in [2.05, 4.69) is 43.6 Å². The van der Waals surface area contributed by atoms with Gasteiger partial charge in [-0.1, -0.05) is 24.8 Å². The van der Waals surface area contributed by atoms with Gasteiger partial charge in [0.05, 0.1) is 0 Å². The fourth-order valence-corrected chi connectivity index (χ4v) is 2.42. The summed E-state index contributed by atoms with van der Waals surface area (Å²) in [5, 5.41) is 0. The van der Waals surface area contributed by atoms with Crippen molar-refractivity contribution in [2.45, 2.75) is 38.6 Å². The zero-order valence-corrected chi connectivity index (χ0v) is 10.4. The van der Waals surface area contributed by atoms with Crippen LogP contribution in [0, 0.1) is 0 Å². The maximum atomic E-state index is 3.81. The molecule has 1 aliphatic carbocycles. The van der Waals surface area contributed by atoms with Crippen LogP contribution in [0.1, 0.15) is 30.0 Å². The predicted molar refractivity (Wildman–Crippen MR) is 69.6 cm³/mol. The van der Waals surface area contributed by atoms with Gasteiger partial charge < -0.3 is 4.90 Å². The van der Waals surface area contributed by atoms with Crippen molar-refractivity contribution in [3.05, 3.63) is 47.7 Å². The largest absolute Gasteiger partial charge is 0.378 e. The van der Waals surface area contributed by atoms with Crippen molar-refractivity contribution in [1.82, 2.24) is 4.90 Å². The van der Waals surface area contributed by atoms with Crippen molar-refractivity contribution in [2.24, 2.45) is 0 Å². The molecule has 1 unspecified atom stereocenters. The number of hydrogen-bond donors (Lipinski definition) is 0. The van der Waals surface area contributed by atoms with Gasteiger partial charge in [-0.3, -0.25) is 0 Å². The van der Waals surface area contributed by atoms with Crippen molar-refractivity contribution in [1.29, 1.82) is 0 Å². The maximum Gasteiger partial charge on any atom is 0.0293 e. The van der Waals surface area contributed by atoms with Crippen molar-refractivity contribution in [2.75, 3.05) is 7.05 Å². The first-order valence-corrected chi connectivity index (χ1v) is 6.16. The van der Waals surface area contributed by atoms with Crippen LogP contribution in [-0.4, -0.2) is 18.0 Å². The zero-order chi connectivity index (χ0) is 11.5. The lowest BCUT2D eigenvalue weighted by Gasteiger charge is -2.22. The summed E-state index contributed by atoms with van der Waals surface area (Å²) in [7, 11) is 2.09. The molecule has 0 fully saturated rings. The summed E-state index contributed by atoms with van der Waals surface area (Å²) < 4.78 is 0. The third-order valence-corrected chi connectivity index (χ3v) is 3.68. The lowest BCUT2D eigenvalue weighted by Crippen LogP contribution is -2.25. The van der Waals surface area contributed by atoms with Gasteiger partial charge in [-0.2, -0.15) is 0 Å². The Morgan fingerprint density at radius 2 is 2.12 bits per heavy atom. The zero-order valence-electron chi connectivity index (χ0n) is 10.4. The maximum absolute atomic E-state index is 3.81. The van der Waals surface area contributed by atoms with Crippen LogP contribution in [0.5, 0.6) is 0 Å². The molecule has 86 valence electrons. The van der Waals surface area contributed by atoms with Crippen LogP contribution in [0.3, 0.4) is 0 Å². The highest BCUT2D eigenvalue weighted by Crippen LogP contribution is 2.23. The number of likely N-dealkylation sites (N-methyl/N-ethyl adjacent to an activating group) is 1. The van der Waals surface area contributed by atoms with E-state index in [1.807, 2.05) is 6.20 Å². The molecule has 0 N–H and O–H groups in total. The Morgan fingerprint density at radius 3 is 2.88 bits per heavy atom. The Bertz CT molecular complexity index is 381. The van der Waals surface area contributed by atoms with Gasteiger partial charge in [0.25, 0.3) is 0 Å². The van der Waals surface area contributed by atoms with Crippen molar-refractivity contribution >= 4 is 0 Å². The molecule has 0 bridgehead atoms. The molecular weight excluding hydrogens is 194 g/mol. The fourth-order valence-electron chi connectivity index (χ4n) is 2.42. The molecule has 0 spiro atoms. The molecule has 0 aromatic heterocycles. The first-order chi connectivity index (χ1) is 7.70. The molecule has 1 aromatic carbocycles. The summed E-state index contributed by atoms with van der Waals surface area (Å²) >= 11 is 0. The molecule has 0 saturated heterocycles. The lowest BCUT2D eigenvalue weighted by atomic mass is 10.0.